The van der Waals surface area contributed by atoms with Crippen molar-refractivity contribution in [1.82, 2.24) is 15.0 Å². The average Bonchev–Trinajstić information content (AvgIpc) is 3.30. The van der Waals surface area contributed by atoms with Crippen LogP contribution in [0.25, 0.3) is 0 Å². The predicted molar refractivity (Wildman–Crippen MR) is 98.8 cm³/mol. The fourth-order valence-electron chi connectivity index (χ4n) is 3.48. The number of rotatable bonds is 5. The predicted octanol–water partition coefficient (Wildman–Crippen LogP) is 2.56. The Morgan fingerprint density at radius 2 is 1.89 bits per heavy atom. The van der Waals surface area contributed by atoms with Gasteiger partial charge in [-0.1, -0.05) is 25.1 Å². The van der Waals surface area contributed by atoms with Gasteiger partial charge >= 0.3 is 0 Å². The number of nitrogens with zero attached hydrogens (tertiary/aromatic N) is 3. The molecule has 4 rings (SSSR count). The van der Waals surface area contributed by atoms with Gasteiger partial charge in [0.2, 0.25) is 6.79 Å². The summed E-state index contributed by atoms with van der Waals surface area (Å²) in [4.78, 5) is 16.8. The molecule has 0 aliphatic carbocycles. The minimum atomic E-state index is -0.0449. The quantitative estimate of drug-likeness (QED) is 0.805. The zero-order valence-corrected chi connectivity index (χ0v) is 15.8. The van der Waals surface area contributed by atoms with E-state index < -0.39 is 0 Å². The van der Waals surface area contributed by atoms with Crippen LogP contribution in [-0.4, -0.2) is 53.8 Å². The molecular formula is C20H25N3O4. The zero-order valence-electron chi connectivity index (χ0n) is 15.8. The molecule has 144 valence electrons. The highest BCUT2D eigenvalue weighted by Crippen LogP contribution is 2.32. The standard InChI is InChI=1S/C20H25N3O4/c1-14(2)9-16-11-17(21-27-16)20(24)23-7-5-22(6-8-23)12-15-3-4-18-19(10-15)26-13-25-18/h3-4,10-11,14H,5-9,12-13H2,1-2H3. The molecule has 0 unspecified atom stereocenters. The van der Waals surface area contributed by atoms with Crippen LogP contribution in [0.1, 0.15) is 35.7 Å². The van der Waals surface area contributed by atoms with Crippen molar-refractivity contribution in [2.24, 2.45) is 5.92 Å². The summed E-state index contributed by atoms with van der Waals surface area (Å²) in [5.74, 6) is 2.81. The summed E-state index contributed by atoms with van der Waals surface area (Å²) in [5.41, 5.74) is 1.60. The molecular weight excluding hydrogens is 346 g/mol. The van der Waals surface area contributed by atoms with Gasteiger partial charge in [0.1, 0.15) is 5.76 Å². The first-order chi connectivity index (χ1) is 13.1. The Labute approximate surface area is 158 Å². The van der Waals surface area contributed by atoms with E-state index in [1.165, 1.54) is 5.56 Å². The molecule has 0 N–H and O–H groups in total. The lowest BCUT2D eigenvalue weighted by atomic mass is 10.1. The Hall–Kier alpha value is -2.54. The van der Waals surface area contributed by atoms with E-state index in [0.717, 1.165) is 43.3 Å². The number of ether oxygens (including phenoxy) is 2. The minimum absolute atomic E-state index is 0.0449. The van der Waals surface area contributed by atoms with Crippen LogP contribution < -0.4 is 9.47 Å². The van der Waals surface area contributed by atoms with Crippen LogP contribution in [0.3, 0.4) is 0 Å². The lowest BCUT2D eigenvalue weighted by Gasteiger charge is -2.34. The van der Waals surface area contributed by atoms with E-state index >= 15 is 0 Å². The number of hydrogen-bond donors (Lipinski definition) is 0. The highest BCUT2D eigenvalue weighted by atomic mass is 16.7. The molecule has 2 aliphatic rings. The first kappa shape index (κ1) is 17.9. The van der Waals surface area contributed by atoms with E-state index in [9.17, 15) is 4.79 Å². The lowest BCUT2D eigenvalue weighted by molar-refractivity contribution is 0.0618. The molecule has 1 aromatic heterocycles. The van der Waals surface area contributed by atoms with E-state index in [4.69, 9.17) is 14.0 Å². The first-order valence-electron chi connectivity index (χ1n) is 9.44. The maximum Gasteiger partial charge on any atom is 0.276 e. The van der Waals surface area contributed by atoms with Crippen molar-refractivity contribution < 1.29 is 18.8 Å². The number of piperazine rings is 1. The third-order valence-corrected chi connectivity index (χ3v) is 4.89. The Kier molecular flexibility index (Phi) is 5.03. The molecule has 27 heavy (non-hydrogen) atoms. The fraction of sp³-hybridized carbons (Fsp3) is 0.500. The summed E-state index contributed by atoms with van der Waals surface area (Å²) in [6.07, 6.45) is 0.795. The molecule has 3 heterocycles. The number of hydrogen-bond acceptors (Lipinski definition) is 6. The number of carbonyl (C=O) groups excluding carboxylic acids is 1. The van der Waals surface area contributed by atoms with Crippen LogP contribution in [-0.2, 0) is 13.0 Å². The average molecular weight is 371 g/mol. The maximum atomic E-state index is 12.6. The van der Waals surface area contributed by atoms with Crippen LogP contribution in [0.4, 0.5) is 0 Å². The van der Waals surface area contributed by atoms with Gasteiger partial charge in [-0.25, -0.2) is 0 Å². The van der Waals surface area contributed by atoms with Crippen molar-refractivity contribution in [3.63, 3.8) is 0 Å². The third-order valence-electron chi connectivity index (χ3n) is 4.89. The van der Waals surface area contributed by atoms with Crippen molar-refractivity contribution in [3.8, 4) is 11.5 Å². The molecule has 1 fully saturated rings. The molecule has 0 radical (unpaired) electrons. The lowest BCUT2D eigenvalue weighted by Crippen LogP contribution is -2.48. The van der Waals surface area contributed by atoms with Gasteiger partial charge in [-0.2, -0.15) is 0 Å². The van der Waals surface area contributed by atoms with Gasteiger partial charge < -0.3 is 18.9 Å². The molecule has 1 aromatic carbocycles. The fourth-order valence-corrected chi connectivity index (χ4v) is 3.48. The molecule has 7 heteroatoms. The van der Waals surface area contributed by atoms with Crippen molar-refractivity contribution in [2.75, 3.05) is 33.0 Å². The molecule has 2 aliphatic heterocycles. The summed E-state index contributed by atoms with van der Waals surface area (Å²) >= 11 is 0. The molecule has 1 amide bonds. The van der Waals surface area contributed by atoms with Crippen molar-refractivity contribution in [2.45, 2.75) is 26.8 Å². The second kappa shape index (κ2) is 7.60. The number of fused-ring (bicyclic) bond motifs is 1. The summed E-state index contributed by atoms with van der Waals surface area (Å²) in [7, 11) is 0. The van der Waals surface area contributed by atoms with E-state index in [1.807, 2.05) is 17.0 Å². The maximum absolute atomic E-state index is 12.6. The SMILES string of the molecule is CC(C)Cc1cc(C(=O)N2CCN(Cc3ccc4c(c3)OCO4)CC2)no1. The second-order valence-electron chi connectivity index (χ2n) is 7.53. The number of aromatic nitrogens is 1. The third kappa shape index (κ3) is 4.08. The monoisotopic (exact) mass is 371 g/mol. The highest BCUT2D eigenvalue weighted by molar-refractivity contribution is 5.92. The Bertz CT molecular complexity index is 809. The van der Waals surface area contributed by atoms with E-state index in [1.54, 1.807) is 6.07 Å². The van der Waals surface area contributed by atoms with Gasteiger partial charge in [-0.05, 0) is 23.6 Å². The summed E-state index contributed by atoms with van der Waals surface area (Å²) in [6.45, 7) is 8.40. The smallest absolute Gasteiger partial charge is 0.276 e. The van der Waals surface area contributed by atoms with Gasteiger partial charge in [-0.3, -0.25) is 9.69 Å². The Balaban J connectivity index is 1.30. The van der Waals surface area contributed by atoms with Crippen LogP contribution in [0, 0.1) is 5.92 Å². The van der Waals surface area contributed by atoms with Crippen LogP contribution in [0.5, 0.6) is 11.5 Å². The molecule has 1 saturated heterocycles. The summed E-state index contributed by atoms with van der Waals surface area (Å²) < 4.78 is 16.1. The highest BCUT2D eigenvalue weighted by Gasteiger charge is 2.25. The van der Waals surface area contributed by atoms with E-state index in [-0.39, 0.29) is 5.91 Å². The largest absolute Gasteiger partial charge is 0.454 e. The minimum Gasteiger partial charge on any atom is -0.454 e. The van der Waals surface area contributed by atoms with Gasteiger partial charge in [0.15, 0.2) is 17.2 Å². The Morgan fingerprint density at radius 1 is 1.11 bits per heavy atom. The Morgan fingerprint density at radius 3 is 2.67 bits per heavy atom. The van der Waals surface area contributed by atoms with Gasteiger partial charge in [-0.15, -0.1) is 0 Å². The van der Waals surface area contributed by atoms with Crippen molar-refractivity contribution >= 4 is 5.91 Å². The normalized spacial score (nSPS) is 16.9. The zero-order chi connectivity index (χ0) is 18.8. The summed E-state index contributed by atoms with van der Waals surface area (Å²) in [6, 6.07) is 7.83. The molecule has 0 bridgehead atoms. The number of carbonyl (C=O) groups is 1. The van der Waals surface area contributed by atoms with Crippen LogP contribution in [0.15, 0.2) is 28.8 Å². The van der Waals surface area contributed by atoms with Gasteiger partial charge in [0.25, 0.3) is 5.91 Å². The van der Waals surface area contributed by atoms with Gasteiger partial charge in [0.05, 0.1) is 0 Å². The number of amides is 1. The topological polar surface area (TPSA) is 68.0 Å². The molecule has 0 saturated carbocycles. The molecule has 2 aromatic rings. The van der Waals surface area contributed by atoms with Crippen LogP contribution in [0.2, 0.25) is 0 Å². The van der Waals surface area contributed by atoms with Crippen molar-refractivity contribution in [1.29, 1.82) is 0 Å². The summed E-state index contributed by atoms with van der Waals surface area (Å²) in [5, 5.41) is 3.96. The number of benzene rings is 1. The molecule has 0 spiro atoms. The van der Waals surface area contributed by atoms with E-state index in [0.29, 0.717) is 31.5 Å². The van der Waals surface area contributed by atoms with E-state index in [2.05, 4.69) is 30.0 Å². The molecule has 7 nitrogen and oxygen atoms in total. The molecule has 0 atom stereocenters. The second-order valence-corrected chi connectivity index (χ2v) is 7.53. The van der Waals surface area contributed by atoms with Crippen LogP contribution >= 0.6 is 0 Å². The first-order valence-corrected chi connectivity index (χ1v) is 9.44. The van der Waals surface area contributed by atoms with Crippen molar-refractivity contribution in [3.05, 3.63) is 41.3 Å². The van der Waals surface area contributed by atoms with Gasteiger partial charge in [0, 0.05) is 45.2 Å².